The number of hydrogen-bond acceptors (Lipinski definition) is 5. The Morgan fingerprint density at radius 3 is 1.73 bits per heavy atom. The molecule has 0 fully saturated rings. The summed E-state index contributed by atoms with van der Waals surface area (Å²) in [5.74, 6) is -1.26. The number of methoxy groups -OCH3 is 2. The Hall–Kier alpha value is -1.39. The Balaban J connectivity index is 3.48. The third kappa shape index (κ3) is 10.4. The zero-order valence-electron chi connectivity index (χ0n) is 14.2. The second kappa shape index (κ2) is 13.3. The molecule has 5 nitrogen and oxygen atoms in total. The molecule has 0 heterocycles. The summed E-state index contributed by atoms with van der Waals surface area (Å²) < 4.78 is 9.23. The molecule has 0 aromatic rings. The molecule has 0 saturated heterocycles. The highest BCUT2D eigenvalue weighted by atomic mass is 16.5. The van der Waals surface area contributed by atoms with E-state index < -0.39 is 11.9 Å². The number of Topliss-reactive ketones (excluding diaryl/α,β-unsaturated/α-hetero) is 1. The minimum absolute atomic E-state index is 0.113. The fraction of sp³-hybridized carbons (Fsp3) is 0.824. The Morgan fingerprint density at radius 2 is 1.27 bits per heavy atom. The van der Waals surface area contributed by atoms with Gasteiger partial charge in [0.25, 0.3) is 0 Å². The molecule has 0 amide bonds. The van der Waals surface area contributed by atoms with Crippen molar-refractivity contribution < 1.29 is 23.9 Å². The number of ketones is 1. The molecule has 0 N–H and O–H groups in total. The van der Waals surface area contributed by atoms with Gasteiger partial charge in [-0.1, -0.05) is 44.9 Å². The Bertz CT molecular complexity index is 338. The average Bonchev–Trinajstić information content (AvgIpc) is 2.51. The van der Waals surface area contributed by atoms with Crippen LogP contribution in [-0.4, -0.2) is 31.9 Å². The van der Waals surface area contributed by atoms with E-state index >= 15 is 0 Å². The molecule has 5 heteroatoms. The van der Waals surface area contributed by atoms with E-state index in [9.17, 15) is 14.4 Å². The SMILES string of the molecule is COC(=O)CCCCCCCCCCC(C(C)=O)C(=O)OC. The van der Waals surface area contributed by atoms with Crippen LogP contribution in [0.1, 0.15) is 71.1 Å². The molecule has 0 rings (SSSR count). The standard InChI is InChI=1S/C17H30O5/c1-14(18)15(17(20)22-3)12-10-8-6-4-5-7-9-11-13-16(19)21-2/h15H,4-13H2,1-3H3. The summed E-state index contributed by atoms with van der Waals surface area (Å²) >= 11 is 0. The summed E-state index contributed by atoms with van der Waals surface area (Å²) in [6.07, 6.45) is 9.52. The zero-order valence-corrected chi connectivity index (χ0v) is 14.2. The number of carbonyl (C=O) groups is 3. The molecule has 1 unspecified atom stereocenters. The third-order valence-corrected chi connectivity index (χ3v) is 3.83. The first-order valence-electron chi connectivity index (χ1n) is 8.18. The highest BCUT2D eigenvalue weighted by Gasteiger charge is 2.23. The third-order valence-electron chi connectivity index (χ3n) is 3.83. The quantitative estimate of drug-likeness (QED) is 0.296. The summed E-state index contributed by atoms with van der Waals surface area (Å²) in [7, 11) is 2.73. The summed E-state index contributed by atoms with van der Waals surface area (Å²) in [6.45, 7) is 1.44. The van der Waals surface area contributed by atoms with E-state index in [1.165, 1.54) is 21.1 Å². The largest absolute Gasteiger partial charge is 0.469 e. The number of unbranched alkanes of at least 4 members (excludes halogenated alkanes) is 7. The molecule has 0 radical (unpaired) electrons. The lowest BCUT2D eigenvalue weighted by Crippen LogP contribution is -2.23. The van der Waals surface area contributed by atoms with Gasteiger partial charge in [0, 0.05) is 6.42 Å². The van der Waals surface area contributed by atoms with Gasteiger partial charge in [-0.15, -0.1) is 0 Å². The number of esters is 2. The summed E-state index contributed by atoms with van der Waals surface area (Å²) in [5, 5.41) is 0. The van der Waals surface area contributed by atoms with E-state index in [1.54, 1.807) is 0 Å². The lowest BCUT2D eigenvalue weighted by molar-refractivity contribution is -0.149. The highest BCUT2D eigenvalue weighted by Crippen LogP contribution is 2.15. The van der Waals surface area contributed by atoms with Gasteiger partial charge in [0.05, 0.1) is 14.2 Å². The minimum Gasteiger partial charge on any atom is -0.469 e. The topological polar surface area (TPSA) is 69.7 Å². The van der Waals surface area contributed by atoms with Crippen molar-refractivity contribution in [3.63, 3.8) is 0 Å². The fourth-order valence-electron chi connectivity index (χ4n) is 2.41. The van der Waals surface area contributed by atoms with E-state index in [1.807, 2.05) is 0 Å². The molecule has 0 aliphatic rings. The maximum atomic E-state index is 11.4. The normalized spacial score (nSPS) is 11.8. The first kappa shape index (κ1) is 20.6. The smallest absolute Gasteiger partial charge is 0.316 e. The average molecular weight is 314 g/mol. The van der Waals surface area contributed by atoms with Crippen LogP contribution in [0.2, 0.25) is 0 Å². The molecule has 0 spiro atoms. The van der Waals surface area contributed by atoms with Crippen LogP contribution >= 0.6 is 0 Å². The molecule has 1 atom stereocenters. The van der Waals surface area contributed by atoms with Gasteiger partial charge in [-0.3, -0.25) is 14.4 Å². The van der Waals surface area contributed by atoms with Crippen molar-refractivity contribution >= 4 is 17.7 Å². The van der Waals surface area contributed by atoms with E-state index in [0.717, 1.165) is 51.4 Å². The molecule has 22 heavy (non-hydrogen) atoms. The lowest BCUT2D eigenvalue weighted by atomic mass is 9.97. The van der Waals surface area contributed by atoms with Crippen molar-refractivity contribution in [1.82, 2.24) is 0 Å². The molecule has 0 aliphatic heterocycles. The summed E-state index contributed by atoms with van der Waals surface area (Å²) in [4.78, 5) is 33.7. The van der Waals surface area contributed by atoms with E-state index in [4.69, 9.17) is 0 Å². The second-order valence-electron chi connectivity index (χ2n) is 5.63. The fourth-order valence-corrected chi connectivity index (χ4v) is 2.41. The molecule has 0 aromatic carbocycles. The van der Waals surface area contributed by atoms with Crippen LogP contribution in [0.4, 0.5) is 0 Å². The predicted octanol–water partition coefficient (Wildman–Crippen LogP) is 3.44. The van der Waals surface area contributed by atoms with Crippen LogP contribution in [0.25, 0.3) is 0 Å². The van der Waals surface area contributed by atoms with Crippen LogP contribution in [-0.2, 0) is 23.9 Å². The van der Waals surface area contributed by atoms with Gasteiger partial charge >= 0.3 is 11.9 Å². The van der Waals surface area contributed by atoms with Gasteiger partial charge in [-0.25, -0.2) is 0 Å². The van der Waals surface area contributed by atoms with E-state index in [0.29, 0.717) is 12.8 Å². The van der Waals surface area contributed by atoms with Crippen molar-refractivity contribution in [2.24, 2.45) is 5.92 Å². The number of rotatable bonds is 13. The maximum Gasteiger partial charge on any atom is 0.316 e. The van der Waals surface area contributed by atoms with Gasteiger partial charge in [0.15, 0.2) is 0 Å². The minimum atomic E-state index is -0.594. The van der Waals surface area contributed by atoms with Crippen LogP contribution in [0, 0.1) is 5.92 Å². The predicted molar refractivity (Wildman–Crippen MR) is 84.4 cm³/mol. The molecule has 0 saturated carbocycles. The van der Waals surface area contributed by atoms with Crippen LogP contribution in [0.15, 0.2) is 0 Å². The van der Waals surface area contributed by atoms with Gasteiger partial charge in [0.1, 0.15) is 11.7 Å². The van der Waals surface area contributed by atoms with Gasteiger partial charge in [-0.05, 0) is 19.8 Å². The Kier molecular flexibility index (Phi) is 12.4. The summed E-state index contributed by atoms with van der Waals surface area (Å²) in [5.41, 5.74) is 0. The second-order valence-corrected chi connectivity index (χ2v) is 5.63. The van der Waals surface area contributed by atoms with Crippen LogP contribution in [0.5, 0.6) is 0 Å². The number of carbonyl (C=O) groups excluding carboxylic acids is 3. The highest BCUT2D eigenvalue weighted by molar-refractivity contribution is 5.97. The Labute approximate surface area is 133 Å². The maximum absolute atomic E-state index is 11.4. The van der Waals surface area contributed by atoms with E-state index in [-0.39, 0.29) is 11.8 Å². The van der Waals surface area contributed by atoms with Crippen LogP contribution in [0.3, 0.4) is 0 Å². The van der Waals surface area contributed by atoms with Gasteiger partial charge in [0.2, 0.25) is 0 Å². The molecular weight excluding hydrogens is 284 g/mol. The van der Waals surface area contributed by atoms with Gasteiger partial charge in [-0.2, -0.15) is 0 Å². The molecule has 0 aromatic heterocycles. The first-order chi connectivity index (χ1) is 10.5. The zero-order chi connectivity index (χ0) is 16.8. The first-order valence-corrected chi connectivity index (χ1v) is 8.18. The Morgan fingerprint density at radius 1 is 0.773 bits per heavy atom. The van der Waals surface area contributed by atoms with Gasteiger partial charge < -0.3 is 9.47 Å². The van der Waals surface area contributed by atoms with Crippen molar-refractivity contribution in [3.05, 3.63) is 0 Å². The molecule has 0 aliphatic carbocycles. The lowest BCUT2D eigenvalue weighted by Gasteiger charge is -2.10. The number of hydrogen-bond donors (Lipinski definition) is 0. The number of ether oxygens (including phenoxy) is 2. The molecule has 128 valence electrons. The van der Waals surface area contributed by atoms with Crippen molar-refractivity contribution in [2.45, 2.75) is 71.1 Å². The van der Waals surface area contributed by atoms with Crippen molar-refractivity contribution in [1.29, 1.82) is 0 Å². The van der Waals surface area contributed by atoms with E-state index in [2.05, 4.69) is 9.47 Å². The molecule has 0 bridgehead atoms. The monoisotopic (exact) mass is 314 g/mol. The van der Waals surface area contributed by atoms with Crippen LogP contribution < -0.4 is 0 Å². The molecular formula is C17H30O5. The van der Waals surface area contributed by atoms with Crippen molar-refractivity contribution in [3.8, 4) is 0 Å². The summed E-state index contributed by atoms with van der Waals surface area (Å²) in [6, 6.07) is 0. The van der Waals surface area contributed by atoms with Crippen molar-refractivity contribution in [2.75, 3.05) is 14.2 Å².